The van der Waals surface area contributed by atoms with E-state index in [2.05, 4.69) is 90.1 Å². The zero-order valence-corrected chi connectivity index (χ0v) is 28.9. The van der Waals surface area contributed by atoms with Crippen molar-refractivity contribution >= 4 is 22.8 Å². The number of nitrogens with zero attached hydrogens (tertiary/aromatic N) is 2. The Bertz CT molecular complexity index is 1080. The molecule has 0 atom stereocenters. The molecule has 2 rings (SSSR count). The van der Waals surface area contributed by atoms with E-state index in [4.69, 9.17) is 9.98 Å². The number of hydrogen-bond donors (Lipinski definition) is 0. The van der Waals surface area contributed by atoms with Gasteiger partial charge in [0.15, 0.2) is 0 Å². The monoisotopic (exact) mass is 585 g/mol. The van der Waals surface area contributed by atoms with Gasteiger partial charge in [0, 0.05) is 0 Å². The lowest BCUT2D eigenvalue weighted by molar-refractivity contribution is 0.557. The summed E-state index contributed by atoms with van der Waals surface area (Å²) in [6, 6.07) is 13.8. The van der Waals surface area contributed by atoms with E-state index < -0.39 is 0 Å². The fourth-order valence-electron chi connectivity index (χ4n) is 5.65. The lowest BCUT2D eigenvalue weighted by Crippen LogP contribution is -2.12. The maximum absolute atomic E-state index is 5.34. The summed E-state index contributed by atoms with van der Waals surface area (Å²) < 4.78 is 0. The number of unbranched alkanes of at least 4 members (excludes halogenated alkanes) is 12. The minimum Gasteiger partial charge on any atom is -0.251 e. The molecule has 0 saturated carbocycles. The zero-order chi connectivity index (χ0) is 31.1. The van der Waals surface area contributed by atoms with Crippen LogP contribution in [-0.2, 0) is 25.7 Å². The highest BCUT2D eigenvalue weighted by atomic mass is 14.8. The molecule has 0 aromatic heterocycles. The van der Waals surface area contributed by atoms with E-state index in [0.29, 0.717) is 0 Å². The highest BCUT2D eigenvalue weighted by Crippen LogP contribution is 2.24. The minimum absolute atomic E-state index is 0.960. The zero-order valence-electron chi connectivity index (χ0n) is 28.9. The summed E-state index contributed by atoms with van der Waals surface area (Å²) in [5, 5.41) is 0. The third kappa shape index (κ3) is 15.2. The summed E-state index contributed by atoms with van der Waals surface area (Å²) in [4.78, 5) is 10.7. The normalized spacial score (nSPS) is 12.5. The summed E-state index contributed by atoms with van der Waals surface area (Å²) in [6.45, 7) is 13.5. The molecule has 43 heavy (non-hydrogen) atoms. The Hall–Kier alpha value is -2.48. The second kappa shape index (κ2) is 23.0. The number of benzene rings is 2. The molecule has 0 N–H and O–H groups in total. The average molecular weight is 585 g/mol. The summed E-state index contributed by atoms with van der Waals surface area (Å²) >= 11 is 0. The smallest absolute Gasteiger partial charge is 0.0848 e. The third-order valence-electron chi connectivity index (χ3n) is 8.53. The largest absolute Gasteiger partial charge is 0.251 e. The summed E-state index contributed by atoms with van der Waals surface area (Å²) in [6.07, 6.45) is 28.1. The molecule has 0 aliphatic heterocycles. The number of hydrogen-bond acceptors (Lipinski definition) is 2. The molecule has 0 spiro atoms. The summed E-state index contributed by atoms with van der Waals surface area (Å²) in [5.74, 6) is 0. The SMILES string of the molecule is CCCCCCCCCCCC/C=C/C(=Nc1cc(CC)cc(CC)c1)C(CCCCC)=Nc1cc(CC)cc(CC)c1. The van der Waals surface area contributed by atoms with Crippen LogP contribution in [-0.4, -0.2) is 11.4 Å². The highest BCUT2D eigenvalue weighted by Gasteiger charge is 2.10. The molecule has 0 aliphatic carbocycles. The third-order valence-corrected chi connectivity index (χ3v) is 8.53. The Morgan fingerprint density at radius 3 is 1.37 bits per heavy atom. The van der Waals surface area contributed by atoms with Crippen LogP contribution in [0.25, 0.3) is 0 Å². The van der Waals surface area contributed by atoms with Crippen molar-refractivity contribution in [3.8, 4) is 0 Å². The molecule has 238 valence electrons. The van der Waals surface area contributed by atoms with Gasteiger partial charge < -0.3 is 0 Å². The second-order valence-electron chi connectivity index (χ2n) is 12.3. The molecule has 0 fully saturated rings. The van der Waals surface area contributed by atoms with Gasteiger partial charge in [0.1, 0.15) is 0 Å². The summed E-state index contributed by atoms with van der Waals surface area (Å²) in [5.41, 5.74) is 9.76. The first kappa shape index (κ1) is 36.7. The van der Waals surface area contributed by atoms with Crippen molar-refractivity contribution in [3.63, 3.8) is 0 Å². The molecule has 2 aromatic rings. The molecular weight excluding hydrogens is 520 g/mol. The van der Waals surface area contributed by atoms with Gasteiger partial charge in [-0.1, -0.05) is 130 Å². The van der Waals surface area contributed by atoms with Crippen LogP contribution in [0.5, 0.6) is 0 Å². The number of allylic oxidation sites excluding steroid dienone is 2. The molecule has 2 heteroatoms. The maximum atomic E-state index is 5.34. The number of aliphatic imine (C=N–C) groups is 2. The van der Waals surface area contributed by atoms with Crippen LogP contribution in [0, 0.1) is 0 Å². The van der Waals surface area contributed by atoms with Crippen molar-refractivity contribution in [2.75, 3.05) is 0 Å². The van der Waals surface area contributed by atoms with Gasteiger partial charge in [-0.2, -0.15) is 0 Å². The van der Waals surface area contributed by atoms with E-state index in [1.54, 1.807) is 0 Å². The molecule has 0 radical (unpaired) electrons. The Morgan fingerprint density at radius 1 is 0.488 bits per heavy atom. The van der Waals surface area contributed by atoms with Crippen LogP contribution in [0.1, 0.15) is 160 Å². The predicted octanol–water partition coefficient (Wildman–Crippen LogP) is 13.2. The standard InChI is InChI=1S/C41H64N2/c1-7-13-15-16-17-18-19-20-21-22-23-25-27-41(43-39-32-36(11-5)29-37(12-6)33-39)40(26-24-14-8-2)42-38-30-34(9-3)28-35(10-4)31-38/h25,27-33H,7-24,26H2,1-6H3/b27-25+,42-40?,43-41?. The first-order chi connectivity index (χ1) is 21.1. The van der Waals surface area contributed by atoms with Gasteiger partial charge in [-0.05, 0) is 104 Å². The molecule has 0 heterocycles. The van der Waals surface area contributed by atoms with Crippen molar-refractivity contribution in [1.82, 2.24) is 0 Å². The highest BCUT2D eigenvalue weighted by molar-refractivity contribution is 6.47. The Labute approximate surface area is 266 Å². The van der Waals surface area contributed by atoms with Crippen molar-refractivity contribution in [2.24, 2.45) is 9.98 Å². The molecule has 0 aliphatic rings. The Morgan fingerprint density at radius 2 is 0.907 bits per heavy atom. The maximum Gasteiger partial charge on any atom is 0.0848 e. The van der Waals surface area contributed by atoms with E-state index in [-0.39, 0.29) is 0 Å². The van der Waals surface area contributed by atoms with Crippen LogP contribution in [0.3, 0.4) is 0 Å². The fraction of sp³-hybridized carbons (Fsp3) is 0.610. The molecule has 0 amide bonds. The molecule has 2 nitrogen and oxygen atoms in total. The Balaban J connectivity index is 2.29. The van der Waals surface area contributed by atoms with Crippen LogP contribution >= 0.6 is 0 Å². The van der Waals surface area contributed by atoms with Crippen molar-refractivity contribution < 1.29 is 0 Å². The minimum atomic E-state index is 0.960. The predicted molar refractivity (Wildman–Crippen MR) is 194 cm³/mol. The topological polar surface area (TPSA) is 24.7 Å². The van der Waals surface area contributed by atoms with Gasteiger partial charge in [-0.3, -0.25) is 4.99 Å². The van der Waals surface area contributed by atoms with Gasteiger partial charge in [0.25, 0.3) is 0 Å². The average Bonchev–Trinajstić information content (AvgIpc) is 3.03. The first-order valence-electron chi connectivity index (χ1n) is 18.1. The van der Waals surface area contributed by atoms with E-state index in [1.807, 2.05) is 0 Å². The van der Waals surface area contributed by atoms with Crippen LogP contribution in [0.4, 0.5) is 11.4 Å². The molecular formula is C41H64N2. The van der Waals surface area contributed by atoms with E-state index in [9.17, 15) is 0 Å². The molecule has 0 unspecified atom stereocenters. The van der Waals surface area contributed by atoms with Gasteiger partial charge in [0.2, 0.25) is 0 Å². The molecule has 2 aromatic carbocycles. The quantitative estimate of drug-likeness (QED) is 0.0916. The van der Waals surface area contributed by atoms with E-state index >= 15 is 0 Å². The fourth-order valence-corrected chi connectivity index (χ4v) is 5.65. The van der Waals surface area contributed by atoms with Crippen molar-refractivity contribution in [3.05, 3.63) is 70.8 Å². The van der Waals surface area contributed by atoms with Crippen LogP contribution < -0.4 is 0 Å². The van der Waals surface area contributed by atoms with Crippen molar-refractivity contribution in [2.45, 2.75) is 164 Å². The van der Waals surface area contributed by atoms with Gasteiger partial charge >= 0.3 is 0 Å². The Kier molecular flexibility index (Phi) is 19.6. The number of aryl methyl sites for hydroxylation is 4. The van der Waals surface area contributed by atoms with E-state index in [0.717, 1.165) is 67.7 Å². The van der Waals surface area contributed by atoms with Gasteiger partial charge in [-0.25, -0.2) is 4.99 Å². The first-order valence-corrected chi connectivity index (χ1v) is 18.1. The second-order valence-corrected chi connectivity index (χ2v) is 12.3. The lowest BCUT2D eigenvalue weighted by Gasteiger charge is -2.11. The molecule has 0 saturated heterocycles. The summed E-state index contributed by atoms with van der Waals surface area (Å²) in [7, 11) is 0. The van der Waals surface area contributed by atoms with Gasteiger partial charge in [0.05, 0.1) is 22.8 Å². The van der Waals surface area contributed by atoms with E-state index in [1.165, 1.54) is 99.3 Å². The van der Waals surface area contributed by atoms with Crippen LogP contribution in [0.15, 0.2) is 58.5 Å². The van der Waals surface area contributed by atoms with Crippen LogP contribution in [0.2, 0.25) is 0 Å². The number of rotatable bonds is 23. The molecule has 0 bridgehead atoms. The van der Waals surface area contributed by atoms with Gasteiger partial charge in [-0.15, -0.1) is 0 Å². The van der Waals surface area contributed by atoms with Crippen molar-refractivity contribution in [1.29, 1.82) is 0 Å². The lowest BCUT2D eigenvalue weighted by atomic mass is 10.0.